The molecule has 0 amide bonds. The summed E-state index contributed by atoms with van der Waals surface area (Å²) in [6, 6.07) is 6.08. The first-order valence-electron chi connectivity index (χ1n) is 4.29. The largest absolute Gasteiger partial charge is 0.261 e. The van der Waals surface area contributed by atoms with E-state index in [4.69, 9.17) is 0 Å². The molecule has 0 fully saturated rings. The highest BCUT2D eigenvalue weighted by Crippen LogP contribution is 2.09. The van der Waals surface area contributed by atoms with Gasteiger partial charge in [-0.15, -0.1) is 0 Å². The van der Waals surface area contributed by atoms with Crippen molar-refractivity contribution < 1.29 is 0 Å². The molecule has 1 heterocycles. The molecule has 0 saturated heterocycles. The number of hydrogen-bond donors (Lipinski definition) is 0. The van der Waals surface area contributed by atoms with Gasteiger partial charge >= 0.3 is 0 Å². The van der Waals surface area contributed by atoms with E-state index in [1.165, 1.54) is 12.1 Å². The second kappa shape index (κ2) is 5.31. The highest BCUT2D eigenvalue weighted by molar-refractivity contribution is 9.09. The van der Waals surface area contributed by atoms with E-state index in [-0.39, 0.29) is 0 Å². The number of halogens is 1. The van der Waals surface area contributed by atoms with Crippen LogP contribution in [0, 0.1) is 5.92 Å². The Bertz CT molecular complexity index is 210. The van der Waals surface area contributed by atoms with Gasteiger partial charge in [0.05, 0.1) is 0 Å². The van der Waals surface area contributed by atoms with E-state index in [9.17, 15) is 0 Å². The third kappa shape index (κ3) is 3.35. The molecule has 0 aromatic carbocycles. The van der Waals surface area contributed by atoms with Crippen LogP contribution in [0.15, 0.2) is 24.4 Å². The van der Waals surface area contributed by atoms with Crippen LogP contribution in [-0.4, -0.2) is 10.3 Å². The fraction of sp³-hybridized carbons (Fsp3) is 0.500. The number of aromatic nitrogens is 1. The van der Waals surface area contributed by atoms with Crippen molar-refractivity contribution in [2.24, 2.45) is 5.92 Å². The molecule has 66 valence electrons. The smallest absolute Gasteiger partial charge is 0.0403 e. The molecule has 1 rings (SSSR count). The summed E-state index contributed by atoms with van der Waals surface area (Å²) in [7, 11) is 0. The van der Waals surface area contributed by atoms with Crippen LogP contribution in [-0.2, 0) is 6.42 Å². The standard InChI is InChI=1S/C10H14BrN/c1-9(8-11)5-6-10-4-2-3-7-12-10/h2-4,7,9H,5-6,8H2,1H3. The zero-order chi connectivity index (χ0) is 8.81. The molecule has 0 aliphatic rings. The number of nitrogens with zero attached hydrogens (tertiary/aromatic N) is 1. The zero-order valence-corrected chi connectivity index (χ0v) is 8.92. The third-order valence-electron chi connectivity index (χ3n) is 1.88. The van der Waals surface area contributed by atoms with Gasteiger partial charge in [-0.2, -0.15) is 0 Å². The average molecular weight is 228 g/mol. The van der Waals surface area contributed by atoms with E-state index in [0.717, 1.165) is 17.7 Å². The molecule has 0 saturated carbocycles. The second-order valence-electron chi connectivity index (χ2n) is 3.12. The third-order valence-corrected chi connectivity index (χ3v) is 2.99. The minimum absolute atomic E-state index is 0.743. The van der Waals surface area contributed by atoms with Gasteiger partial charge in [-0.05, 0) is 30.9 Å². The molecule has 2 heteroatoms. The Labute approximate surface area is 82.3 Å². The summed E-state index contributed by atoms with van der Waals surface area (Å²) in [6.45, 7) is 2.25. The second-order valence-corrected chi connectivity index (χ2v) is 3.77. The average Bonchev–Trinajstić information content (AvgIpc) is 2.16. The molecule has 12 heavy (non-hydrogen) atoms. The van der Waals surface area contributed by atoms with Crippen molar-refractivity contribution in [3.63, 3.8) is 0 Å². The van der Waals surface area contributed by atoms with E-state index in [0.29, 0.717) is 0 Å². The lowest BCUT2D eigenvalue weighted by Crippen LogP contribution is -1.99. The molecule has 1 atom stereocenters. The summed E-state index contributed by atoms with van der Waals surface area (Å²) in [6.07, 6.45) is 4.16. The topological polar surface area (TPSA) is 12.9 Å². The first kappa shape index (κ1) is 9.72. The van der Waals surface area contributed by atoms with Crippen molar-refractivity contribution in [3.8, 4) is 0 Å². The molecule has 1 aromatic heterocycles. The first-order valence-corrected chi connectivity index (χ1v) is 5.41. The lowest BCUT2D eigenvalue weighted by atomic mass is 10.1. The maximum absolute atomic E-state index is 4.27. The minimum atomic E-state index is 0.743. The Morgan fingerprint density at radius 1 is 1.50 bits per heavy atom. The molecular formula is C10H14BrN. The highest BCUT2D eigenvalue weighted by Gasteiger charge is 2.00. The van der Waals surface area contributed by atoms with E-state index in [2.05, 4.69) is 33.9 Å². The normalized spacial score (nSPS) is 12.8. The summed E-state index contributed by atoms with van der Waals surface area (Å²) in [4.78, 5) is 4.27. The van der Waals surface area contributed by atoms with Crippen molar-refractivity contribution in [1.82, 2.24) is 4.98 Å². The zero-order valence-electron chi connectivity index (χ0n) is 7.33. The number of alkyl halides is 1. The molecular weight excluding hydrogens is 214 g/mol. The van der Waals surface area contributed by atoms with Crippen molar-refractivity contribution in [1.29, 1.82) is 0 Å². The quantitative estimate of drug-likeness (QED) is 0.722. The molecule has 0 bridgehead atoms. The highest BCUT2D eigenvalue weighted by atomic mass is 79.9. The Balaban J connectivity index is 2.33. The van der Waals surface area contributed by atoms with Gasteiger partial charge in [0, 0.05) is 17.2 Å². The molecule has 1 unspecified atom stereocenters. The molecule has 0 aliphatic heterocycles. The van der Waals surface area contributed by atoms with Gasteiger partial charge in [0.15, 0.2) is 0 Å². The summed E-state index contributed by atoms with van der Waals surface area (Å²) in [5.74, 6) is 0.743. The first-order chi connectivity index (χ1) is 5.83. The van der Waals surface area contributed by atoms with Gasteiger partial charge in [0.25, 0.3) is 0 Å². The molecule has 1 aromatic rings. The Kier molecular flexibility index (Phi) is 4.30. The molecule has 0 aliphatic carbocycles. The van der Waals surface area contributed by atoms with Crippen LogP contribution in [0.25, 0.3) is 0 Å². The molecule has 0 spiro atoms. The number of rotatable bonds is 4. The fourth-order valence-corrected chi connectivity index (χ4v) is 1.34. The number of aryl methyl sites for hydroxylation is 1. The van der Waals surface area contributed by atoms with Crippen molar-refractivity contribution in [3.05, 3.63) is 30.1 Å². The van der Waals surface area contributed by atoms with Crippen molar-refractivity contribution >= 4 is 15.9 Å². The van der Waals surface area contributed by atoms with Crippen LogP contribution in [0.2, 0.25) is 0 Å². The van der Waals surface area contributed by atoms with E-state index in [1.54, 1.807) is 0 Å². The SMILES string of the molecule is CC(CBr)CCc1ccccn1. The Morgan fingerprint density at radius 2 is 2.33 bits per heavy atom. The molecule has 0 radical (unpaired) electrons. The van der Waals surface area contributed by atoms with Gasteiger partial charge in [-0.3, -0.25) is 4.98 Å². The van der Waals surface area contributed by atoms with E-state index in [1.807, 2.05) is 18.3 Å². The van der Waals surface area contributed by atoms with Gasteiger partial charge in [-0.25, -0.2) is 0 Å². The summed E-state index contributed by atoms with van der Waals surface area (Å²) in [5.41, 5.74) is 1.20. The molecule has 0 N–H and O–H groups in total. The van der Waals surface area contributed by atoms with Gasteiger partial charge in [-0.1, -0.05) is 28.9 Å². The van der Waals surface area contributed by atoms with Crippen LogP contribution in [0.3, 0.4) is 0 Å². The summed E-state index contributed by atoms with van der Waals surface area (Å²) >= 11 is 3.47. The minimum Gasteiger partial charge on any atom is -0.261 e. The predicted molar refractivity (Wildman–Crippen MR) is 55.5 cm³/mol. The van der Waals surface area contributed by atoms with Crippen molar-refractivity contribution in [2.45, 2.75) is 19.8 Å². The van der Waals surface area contributed by atoms with E-state index < -0.39 is 0 Å². The van der Waals surface area contributed by atoms with Crippen LogP contribution < -0.4 is 0 Å². The van der Waals surface area contributed by atoms with Crippen LogP contribution in [0.4, 0.5) is 0 Å². The van der Waals surface area contributed by atoms with Gasteiger partial charge < -0.3 is 0 Å². The van der Waals surface area contributed by atoms with Crippen LogP contribution in [0.1, 0.15) is 19.0 Å². The van der Waals surface area contributed by atoms with Gasteiger partial charge in [0.1, 0.15) is 0 Å². The Hall–Kier alpha value is -0.370. The number of hydrogen-bond acceptors (Lipinski definition) is 1. The summed E-state index contributed by atoms with van der Waals surface area (Å²) < 4.78 is 0. The van der Waals surface area contributed by atoms with Crippen LogP contribution >= 0.6 is 15.9 Å². The fourth-order valence-electron chi connectivity index (χ4n) is 1.02. The van der Waals surface area contributed by atoms with Gasteiger partial charge in [0.2, 0.25) is 0 Å². The maximum atomic E-state index is 4.27. The maximum Gasteiger partial charge on any atom is 0.0403 e. The van der Waals surface area contributed by atoms with Crippen molar-refractivity contribution in [2.75, 3.05) is 5.33 Å². The van der Waals surface area contributed by atoms with Crippen LogP contribution in [0.5, 0.6) is 0 Å². The number of pyridine rings is 1. The predicted octanol–water partition coefficient (Wildman–Crippen LogP) is 3.05. The summed E-state index contributed by atoms with van der Waals surface area (Å²) in [5, 5.41) is 1.08. The Morgan fingerprint density at radius 3 is 2.92 bits per heavy atom. The lowest BCUT2D eigenvalue weighted by Gasteiger charge is -2.05. The monoisotopic (exact) mass is 227 g/mol. The molecule has 1 nitrogen and oxygen atoms in total. The van der Waals surface area contributed by atoms with E-state index >= 15 is 0 Å². The lowest BCUT2D eigenvalue weighted by molar-refractivity contribution is 0.594.